The number of hydrogen-bond donors (Lipinski definition) is 2. The molecule has 9 nitrogen and oxygen atoms in total. The van der Waals surface area contributed by atoms with Crippen LogP contribution in [0.2, 0.25) is 0 Å². The number of sulfonamides is 1. The van der Waals surface area contributed by atoms with Crippen molar-refractivity contribution in [2.24, 2.45) is 5.14 Å². The maximum absolute atomic E-state index is 13.0. The van der Waals surface area contributed by atoms with Gasteiger partial charge in [-0.3, -0.25) is 4.79 Å². The number of rotatable bonds is 7. The van der Waals surface area contributed by atoms with Gasteiger partial charge in [0.15, 0.2) is 11.8 Å². The van der Waals surface area contributed by atoms with Gasteiger partial charge in [0.1, 0.15) is 5.69 Å². The molecule has 34 heavy (non-hydrogen) atoms. The van der Waals surface area contributed by atoms with Crippen LogP contribution in [0.5, 0.6) is 0 Å². The Bertz CT molecular complexity index is 1410. The number of amides is 1. The number of ether oxygens (including phenoxy) is 1. The van der Waals surface area contributed by atoms with Crippen LogP contribution in [0.3, 0.4) is 0 Å². The number of benzene rings is 2. The first kappa shape index (κ1) is 23.4. The number of esters is 1. The van der Waals surface area contributed by atoms with E-state index in [0.29, 0.717) is 17.1 Å². The molecule has 2 aromatic carbocycles. The van der Waals surface area contributed by atoms with Crippen LogP contribution in [0.25, 0.3) is 16.3 Å². The summed E-state index contributed by atoms with van der Waals surface area (Å²) in [4.78, 5) is 26.4. The predicted octanol–water partition coefficient (Wildman–Crippen LogP) is 3.43. The third-order valence-electron chi connectivity index (χ3n) is 4.80. The Morgan fingerprint density at radius 3 is 2.38 bits per heavy atom. The topological polar surface area (TPSA) is 133 Å². The Balaban J connectivity index is 1.52. The van der Waals surface area contributed by atoms with Gasteiger partial charge in [-0.15, -0.1) is 11.3 Å². The number of nitrogens with one attached hydrogen (secondary N) is 1. The van der Waals surface area contributed by atoms with E-state index in [1.807, 2.05) is 47.8 Å². The zero-order valence-electron chi connectivity index (χ0n) is 17.9. The maximum Gasteiger partial charge on any atom is 0.357 e. The number of thiophene rings is 1. The summed E-state index contributed by atoms with van der Waals surface area (Å²) in [6.07, 6.45) is -1.13. The smallest absolute Gasteiger partial charge is 0.357 e. The normalized spacial score (nSPS) is 12.2. The van der Waals surface area contributed by atoms with Gasteiger partial charge in [-0.25, -0.2) is 23.0 Å². The van der Waals surface area contributed by atoms with Crippen molar-refractivity contribution >= 4 is 38.9 Å². The summed E-state index contributed by atoms with van der Waals surface area (Å²) in [6.45, 7) is 1.44. The standard InChI is InChI=1S/C23H20N4O5S2/c1-15(22(28)25-16-9-11-18(12-10-16)34(24,30)31)32-23(29)20-14-19(21-8-5-13-33-21)26-27(20)17-6-3-2-4-7-17/h2-15H,1H3,(H,25,28)(H2,24,30,31). The lowest BCUT2D eigenvalue weighted by Crippen LogP contribution is -2.30. The number of nitrogens with zero attached hydrogens (tertiary/aromatic N) is 2. The van der Waals surface area contributed by atoms with Crippen molar-refractivity contribution in [2.45, 2.75) is 17.9 Å². The second kappa shape index (κ2) is 9.59. The lowest BCUT2D eigenvalue weighted by atomic mass is 10.2. The molecule has 4 rings (SSSR count). The lowest BCUT2D eigenvalue weighted by Gasteiger charge is -2.14. The molecule has 3 N–H and O–H groups in total. The first-order valence-corrected chi connectivity index (χ1v) is 12.5. The lowest BCUT2D eigenvalue weighted by molar-refractivity contribution is -0.123. The Morgan fingerprint density at radius 2 is 1.76 bits per heavy atom. The fourth-order valence-electron chi connectivity index (χ4n) is 3.08. The van der Waals surface area contributed by atoms with Crippen molar-refractivity contribution in [2.75, 3.05) is 5.32 Å². The molecular weight excluding hydrogens is 476 g/mol. The number of nitrogens with two attached hydrogens (primary N) is 1. The van der Waals surface area contributed by atoms with Crippen LogP contribution in [-0.2, 0) is 19.6 Å². The Kier molecular flexibility index (Phi) is 6.59. The minimum absolute atomic E-state index is 0.0827. The van der Waals surface area contributed by atoms with Gasteiger partial charge in [-0.2, -0.15) is 5.10 Å². The SMILES string of the molecule is CC(OC(=O)c1cc(-c2cccs2)nn1-c1ccccc1)C(=O)Nc1ccc(S(N)(=O)=O)cc1. The summed E-state index contributed by atoms with van der Waals surface area (Å²) in [6, 6.07) is 19.9. The fraction of sp³-hybridized carbons (Fsp3) is 0.0870. The molecule has 2 aromatic heterocycles. The summed E-state index contributed by atoms with van der Waals surface area (Å²) in [7, 11) is -3.84. The van der Waals surface area contributed by atoms with Crippen LogP contribution in [0, 0.1) is 0 Å². The minimum atomic E-state index is -3.84. The third kappa shape index (κ3) is 5.22. The summed E-state index contributed by atoms with van der Waals surface area (Å²) >= 11 is 1.49. The molecule has 1 unspecified atom stereocenters. The molecule has 0 saturated carbocycles. The zero-order chi connectivity index (χ0) is 24.3. The highest BCUT2D eigenvalue weighted by molar-refractivity contribution is 7.89. The van der Waals surface area contributed by atoms with Gasteiger partial charge in [0, 0.05) is 11.8 Å². The van der Waals surface area contributed by atoms with Crippen molar-refractivity contribution in [1.82, 2.24) is 9.78 Å². The predicted molar refractivity (Wildman–Crippen MR) is 128 cm³/mol. The van der Waals surface area contributed by atoms with E-state index in [4.69, 9.17) is 9.88 Å². The molecule has 0 saturated heterocycles. The van der Waals surface area contributed by atoms with Gasteiger partial charge in [-0.05, 0) is 54.8 Å². The van der Waals surface area contributed by atoms with E-state index >= 15 is 0 Å². The molecule has 0 aliphatic rings. The average Bonchev–Trinajstić information content (AvgIpc) is 3.49. The van der Waals surface area contributed by atoms with Gasteiger partial charge in [0.25, 0.3) is 5.91 Å². The number of hydrogen-bond acceptors (Lipinski definition) is 7. The molecule has 0 aliphatic carbocycles. The van der Waals surface area contributed by atoms with Gasteiger partial charge in [0.05, 0.1) is 15.5 Å². The first-order valence-electron chi connectivity index (χ1n) is 10.1. The molecule has 1 amide bonds. The molecule has 0 aliphatic heterocycles. The molecular formula is C23H20N4O5S2. The molecule has 0 radical (unpaired) electrons. The molecule has 11 heteroatoms. The quantitative estimate of drug-likeness (QED) is 0.377. The zero-order valence-corrected chi connectivity index (χ0v) is 19.5. The van der Waals surface area contributed by atoms with Gasteiger partial charge in [-0.1, -0.05) is 24.3 Å². The van der Waals surface area contributed by atoms with Crippen LogP contribution in [0.15, 0.2) is 83.1 Å². The van der Waals surface area contributed by atoms with Gasteiger partial charge < -0.3 is 10.1 Å². The van der Waals surface area contributed by atoms with E-state index in [0.717, 1.165) is 4.88 Å². The Morgan fingerprint density at radius 1 is 1.06 bits per heavy atom. The number of para-hydroxylation sites is 1. The number of carbonyl (C=O) groups is 2. The van der Waals surface area contributed by atoms with Crippen LogP contribution in [-0.4, -0.2) is 36.2 Å². The monoisotopic (exact) mass is 496 g/mol. The van der Waals surface area contributed by atoms with E-state index in [-0.39, 0.29) is 10.6 Å². The summed E-state index contributed by atoms with van der Waals surface area (Å²) in [5.74, 6) is -1.30. The second-order valence-corrected chi connectivity index (χ2v) is 9.75. The van der Waals surface area contributed by atoms with Gasteiger partial charge in [0.2, 0.25) is 10.0 Å². The van der Waals surface area contributed by atoms with Crippen LogP contribution in [0.1, 0.15) is 17.4 Å². The molecule has 4 aromatic rings. The van der Waals surface area contributed by atoms with E-state index in [1.165, 1.54) is 47.2 Å². The second-order valence-electron chi connectivity index (χ2n) is 7.25. The first-order chi connectivity index (χ1) is 16.2. The number of primary sulfonamides is 1. The highest BCUT2D eigenvalue weighted by atomic mass is 32.2. The van der Waals surface area contributed by atoms with Crippen LogP contribution < -0.4 is 10.5 Å². The van der Waals surface area contributed by atoms with E-state index in [2.05, 4.69) is 10.4 Å². The van der Waals surface area contributed by atoms with Crippen molar-refractivity contribution in [3.8, 4) is 16.3 Å². The number of anilines is 1. The minimum Gasteiger partial charge on any atom is -0.448 e. The molecule has 0 fully saturated rings. The molecule has 2 heterocycles. The van der Waals surface area contributed by atoms with E-state index < -0.39 is 28.0 Å². The van der Waals surface area contributed by atoms with Crippen molar-refractivity contribution < 1.29 is 22.7 Å². The molecule has 0 bridgehead atoms. The third-order valence-corrected chi connectivity index (χ3v) is 6.62. The average molecular weight is 497 g/mol. The Hall–Kier alpha value is -3.80. The molecule has 0 spiro atoms. The van der Waals surface area contributed by atoms with Crippen molar-refractivity contribution in [1.29, 1.82) is 0 Å². The molecule has 174 valence electrons. The summed E-state index contributed by atoms with van der Waals surface area (Å²) in [5, 5.41) is 14.1. The van der Waals surface area contributed by atoms with Crippen LogP contribution in [0.4, 0.5) is 5.69 Å². The van der Waals surface area contributed by atoms with Crippen molar-refractivity contribution in [3.05, 3.63) is 83.9 Å². The summed E-state index contributed by atoms with van der Waals surface area (Å²) in [5.41, 5.74) is 1.78. The Labute approximate surface area is 199 Å². The van der Waals surface area contributed by atoms with Gasteiger partial charge >= 0.3 is 5.97 Å². The van der Waals surface area contributed by atoms with E-state index in [9.17, 15) is 18.0 Å². The number of carbonyl (C=O) groups excluding carboxylic acids is 2. The summed E-state index contributed by atoms with van der Waals surface area (Å²) < 4.78 is 29.6. The van der Waals surface area contributed by atoms with E-state index in [1.54, 1.807) is 6.07 Å². The van der Waals surface area contributed by atoms with Crippen LogP contribution >= 0.6 is 11.3 Å². The largest absolute Gasteiger partial charge is 0.448 e. The maximum atomic E-state index is 13.0. The molecule has 1 atom stereocenters. The highest BCUT2D eigenvalue weighted by Gasteiger charge is 2.24. The highest BCUT2D eigenvalue weighted by Crippen LogP contribution is 2.26. The fourth-order valence-corrected chi connectivity index (χ4v) is 4.28. The van der Waals surface area contributed by atoms with Crippen molar-refractivity contribution in [3.63, 3.8) is 0 Å². The number of aromatic nitrogens is 2.